The molecular formula is C16H9NO4. The highest BCUT2D eigenvalue weighted by Crippen LogP contribution is 2.23. The minimum absolute atomic E-state index is 0.124. The third-order valence-corrected chi connectivity index (χ3v) is 3.56. The van der Waals surface area contributed by atoms with Gasteiger partial charge in [-0.25, -0.2) is 9.20 Å². The molecule has 5 nitrogen and oxygen atoms in total. The Morgan fingerprint density at radius 3 is 2.71 bits per heavy atom. The average Bonchev–Trinajstić information content (AvgIpc) is 2.84. The highest BCUT2D eigenvalue weighted by Gasteiger charge is 2.13. The van der Waals surface area contributed by atoms with E-state index >= 15 is 0 Å². The Morgan fingerprint density at radius 1 is 1.10 bits per heavy atom. The fraction of sp³-hybridized carbons (Fsp3) is 0. The van der Waals surface area contributed by atoms with Gasteiger partial charge in [-0.2, -0.15) is 0 Å². The van der Waals surface area contributed by atoms with E-state index in [0.717, 1.165) is 5.39 Å². The molecule has 0 aliphatic heterocycles. The summed E-state index contributed by atoms with van der Waals surface area (Å²) in [6.45, 7) is 0. The Balaban J connectivity index is 2.21. The number of pyridine rings is 1. The first kappa shape index (κ1) is 11.7. The number of nitrogens with zero attached hydrogens (tertiary/aromatic N) is 1. The van der Waals surface area contributed by atoms with Crippen LogP contribution in [0.5, 0.6) is 0 Å². The molecule has 0 aliphatic rings. The van der Waals surface area contributed by atoms with Crippen molar-refractivity contribution in [3.8, 4) is 0 Å². The predicted molar refractivity (Wildman–Crippen MR) is 77.9 cm³/mol. The summed E-state index contributed by atoms with van der Waals surface area (Å²) in [5.74, 6) is -1.03. The minimum atomic E-state index is -1.03. The summed E-state index contributed by atoms with van der Waals surface area (Å²) in [5, 5.41) is 10.4. The number of hydrogen-bond donors (Lipinski definition) is 1. The number of aromatic nitrogens is 1. The van der Waals surface area contributed by atoms with Crippen molar-refractivity contribution in [3.05, 3.63) is 64.4 Å². The summed E-state index contributed by atoms with van der Waals surface area (Å²) in [7, 11) is 0. The summed E-state index contributed by atoms with van der Waals surface area (Å²) >= 11 is 0. The van der Waals surface area contributed by atoms with E-state index in [1.165, 1.54) is 16.5 Å². The number of carbonyl (C=O) groups is 1. The zero-order valence-electron chi connectivity index (χ0n) is 10.7. The van der Waals surface area contributed by atoms with Gasteiger partial charge in [-0.3, -0.25) is 4.79 Å². The fourth-order valence-electron chi connectivity index (χ4n) is 2.57. The van der Waals surface area contributed by atoms with E-state index in [4.69, 9.17) is 9.52 Å². The van der Waals surface area contributed by atoms with Crippen LogP contribution in [0.4, 0.5) is 0 Å². The lowest BCUT2D eigenvalue weighted by atomic mass is 10.2. The Kier molecular flexibility index (Phi) is 2.21. The van der Waals surface area contributed by atoms with Gasteiger partial charge in [0.15, 0.2) is 5.58 Å². The van der Waals surface area contributed by atoms with Gasteiger partial charge in [0.2, 0.25) is 5.71 Å². The molecule has 0 aliphatic carbocycles. The average molecular weight is 279 g/mol. The second-order valence-corrected chi connectivity index (χ2v) is 4.80. The minimum Gasteiger partial charge on any atom is -0.478 e. The highest BCUT2D eigenvalue weighted by molar-refractivity contribution is 5.93. The van der Waals surface area contributed by atoms with Crippen molar-refractivity contribution < 1.29 is 14.3 Å². The molecule has 0 saturated heterocycles. The van der Waals surface area contributed by atoms with Gasteiger partial charge in [0, 0.05) is 11.5 Å². The van der Waals surface area contributed by atoms with E-state index in [1.807, 2.05) is 12.1 Å². The molecule has 0 radical (unpaired) electrons. The Bertz CT molecular complexity index is 1090. The van der Waals surface area contributed by atoms with Gasteiger partial charge in [-0.05, 0) is 29.7 Å². The van der Waals surface area contributed by atoms with E-state index < -0.39 is 5.97 Å². The van der Waals surface area contributed by atoms with Gasteiger partial charge in [-0.15, -0.1) is 0 Å². The Morgan fingerprint density at radius 2 is 1.90 bits per heavy atom. The number of fused-ring (bicyclic) bond motifs is 4. The molecule has 0 atom stereocenters. The number of benzene rings is 2. The van der Waals surface area contributed by atoms with Crippen molar-refractivity contribution in [2.75, 3.05) is 0 Å². The second kappa shape index (κ2) is 3.96. The first-order chi connectivity index (χ1) is 10.1. The van der Waals surface area contributed by atoms with E-state index in [0.29, 0.717) is 22.2 Å². The van der Waals surface area contributed by atoms with Crippen LogP contribution in [0.1, 0.15) is 10.4 Å². The summed E-state index contributed by atoms with van der Waals surface area (Å²) in [4.78, 5) is 23.6. The fourth-order valence-corrected chi connectivity index (χ4v) is 2.57. The number of aromatic carboxylic acids is 1. The van der Waals surface area contributed by atoms with E-state index in [-0.39, 0.29) is 11.1 Å². The SMILES string of the molecule is O=C(O)c1ccc2c(c1)oc1cc3ccccc3c(=O)n12. The Labute approximate surface area is 117 Å². The molecule has 0 bridgehead atoms. The zero-order valence-corrected chi connectivity index (χ0v) is 10.7. The molecule has 102 valence electrons. The molecule has 5 heteroatoms. The predicted octanol–water partition coefficient (Wildman–Crippen LogP) is 2.90. The molecule has 0 unspecified atom stereocenters. The van der Waals surface area contributed by atoms with Crippen molar-refractivity contribution in [3.63, 3.8) is 0 Å². The number of hydrogen-bond acceptors (Lipinski definition) is 3. The largest absolute Gasteiger partial charge is 0.478 e. The number of carboxylic acid groups (broad SMARTS) is 1. The van der Waals surface area contributed by atoms with Crippen LogP contribution in [-0.2, 0) is 0 Å². The van der Waals surface area contributed by atoms with E-state index in [2.05, 4.69) is 0 Å². The van der Waals surface area contributed by atoms with Crippen LogP contribution in [0.15, 0.2) is 57.7 Å². The molecule has 1 N–H and O–H groups in total. The number of rotatable bonds is 1. The van der Waals surface area contributed by atoms with Gasteiger partial charge >= 0.3 is 5.97 Å². The first-order valence-electron chi connectivity index (χ1n) is 6.35. The zero-order chi connectivity index (χ0) is 14.6. The van der Waals surface area contributed by atoms with Crippen LogP contribution >= 0.6 is 0 Å². The van der Waals surface area contributed by atoms with Crippen molar-refractivity contribution in [2.45, 2.75) is 0 Å². The molecule has 0 saturated carbocycles. The third-order valence-electron chi connectivity index (χ3n) is 3.56. The van der Waals surface area contributed by atoms with Crippen molar-refractivity contribution >= 4 is 33.6 Å². The standard InChI is InChI=1S/C16H9NO4/c18-15-11-4-2-1-3-9(11)8-14-17(15)12-6-5-10(16(19)20)7-13(12)21-14/h1-8H,(H,19,20). The smallest absolute Gasteiger partial charge is 0.335 e. The molecule has 0 fully saturated rings. The maximum Gasteiger partial charge on any atom is 0.335 e. The molecule has 4 aromatic rings. The third kappa shape index (κ3) is 1.57. The van der Waals surface area contributed by atoms with Crippen LogP contribution in [0.25, 0.3) is 27.6 Å². The topological polar surface area (TPSA) is 71.9 Å². The molecule has 4 rings (SSSR count). The van der Waals surface area contributed by atoms with Crippen LogP contribution in [0, 0.1) is 0 Å². The van der Waals surface area contributed by atoms with Crippen molar-refractivity contribution in [1.29, 1.82) is 0 Å². The summed E-state index contributed by atoms with van der Waals surface area (Å²) in [5.41, 5.74) is 1.29. The lowest BCUT2D eigenvalue weighted by molar-refractivity contribution is 0.0697. The van der Waals surface area contributed by atoms with Gasteiger partial charge in [0.25, 0.3) is 5.56 Å². The lowest BCUT2D eigenvalue weighted by Gasteiger charge is -1.98. The molecule has 21 heavy (non-hydrogen) atoms. The molecule has 0 amide bonds. The summed E-state index contributed by atoms with van der Waals surface area (Å²) in [6, 6.07) is 13.5. The molecular weight excluding hydrogens is 270 g/mol. The molecule has 2 aromatic carbocycles. The van der Waals surface area contributed by atoms with Crippen LogP contribution < -0.4 is 5.56 Å². The summed E-state index contributed by atoms with van der Waals surface area (Å²) < 4.78 is 7.09. The Hall–Kier alpha value is -3.08. The second-order valence-electron chi connectivity index (χ2n) is 4.80. The van der Waals surface area contributed by atoms with Crippen molar-refractivity contribution in [1.82, 2.24) is 4.40 Å². The maximum absolute atomic E-state index is 12.6. The van der Waals surface area contributed by atoms with Gasteiger partial charge < -0.3 is 9.52 Å². The quantitative estimate of drug-likeness (QED) is 0.581. The first-order valence-corrected chi connectivity index (χ1v) is 6.35. The number of oxazole rings is 1. The molecule has 2 heterocycles. The van der Waals surface area contributed by atoms with Gasteiger partial charge in [-0.1, -0.05) is 18.2 Å². The monoisotopic (exact) mass is 279 g/mol. The highest BCUT2D eigenvalue weighted by atomic mass is 16.4. The molecule has 2 aromatic heterocycles. The number of carboxylic acids is 1. The van der Waals surface area contributed by atoms with Gasteiger partial charge in [0.1, 0.15) is 0 Å². The lowest BCUT2D eigenvalue weighted by Crippen LogP contribution is -2.11. The van der Waals surface area contributed by atoms with Crippen LogP contribution in [-0.4, -0.2) is 15.5 Å². The normalized spacial score (nSPS) is 11.4. The van der Waals surface area contributed by atoms with Crippen molar-refractivity contribution in [2.24, 2.45) is 0 Å². The molecule has 0 spiro atoms. The van der Waals surface area contributed by atoms with Crippen LogP contribution in [0.3, 0.4) is 0 Å². The maximum atomic E-state index is 12.6. The van der Waals surface area contributed by atoms with Crippen LogP contribution in [0.2, 0.25) is 0 Å². The summed E-state index contributed by atoms with van der Waals surface area (Å²) in [6.07, 6.45) is 0. The van der Waals surface area contributed by atoms with E-state index in [1.54, 1.807) is 24.3 Å². The van der Waals surface area contributed by atoms with Gasteiger partial charge in [0.05, 0.1) is 11.1 Å². The van der Waals surface area contributed by atoms with E-state index in [9.17, 15) is 9.59 Å².